The Hall–Kier alpha value is -1.88. The third-order valence-electron chi connectivity index (χ3n) is 4.70. The highest BCUT2D eigenvalue weighted by Crippen LogP contribution is 2.20. The molecule has 3 heterocycles. The van der Waals surface area contributed by atoms with Crippen molar-refractivity contribution in [2.75, 3.05) is 27.2 Å². The molecule has 5 nitrogen and oxygen atoms in total. The molecule has 1 amide bonds. The minimum Gasteiger partial charge on any atom is -0.337 e. The molecule has 0 unspecified atom stereocenters. The number of likely N-dealkylation sites (tertiary alicyclic amines) is 1. The van der Waals surface area contributed by atoms with Gasteiger partial charge in [-0.25, -0.2) is 4.98 Å². The third kappa shape index (κ3) is 2.61. The quantitative estimate of drug-likeness (QED) is 0.871. The number of fused-ring (bicyclic) bond motifs is 1. The lowest BCUT2D eigenvalue weighted by Crippen LogP contribution is -2.44. The van der Waals surface area contributed by atoms with Gasteiger partial charge in [0.2, 0.25) is 0 Å². The van der Waals surface area contributed by atoms with Crippen LogP contribution in [-0.2, 0) is 6.42 Å². The maximum atomic E-state index is 13.0. The number of amides is 1. The zero-order valence-electron chi connectivity index (χ0n) is 13.6. The number of aryl methyl sites for hydroxylation is 1. The van der Waals surface area contributed by atoms with Crippen LogP contribution in [0.15, 0.2) is 24.4 Å². The summed E-state index contributed by atoms with van der Waals surface area (Å²) in [6.45, 7) is 4.15. The van der Waals surface area contributed by atoms with Gasteiger partial charge in [0.25, 0.3) is 5.91 Å². The molecule has 0 aliphatic carbocycles. The Morgan fingerprint density at radius 3 is 2.77 bits per heavy atom. The number of carbonyl (C=O) groups excluding carboxylic acids is 1. The molecule has 2 aromatic rings. The topological polar surface area (TPSA) is 40.9 Å². The summed E-state index contributed by atoms with van der Waals surface area (Å²) in [4.78, 5) is 21.9. The van der Waals surface area contributed by atoms with Crippen LogP contribution in [0.1, 0.15) is 35.9 Å². The summed E-state index contributed by atoms with van der Waals surface area (Å²) in [5.74, 6) is 0.0881. The van der Waals surface area contributed by atoms with E-state index in [0.717, 1.165) is 49.4 Å². The third-order valence-corrected chi connectivity index (χ3v) is 4.70. The number of aromatic nitrogens is 2. The molecule has 1 aliphatic rings. The fourth-order valence-corrected chi connectivity index (χ4v) is 3.23. The second-order valence-electron chi connectivity index (χ2n) is 6.14. The monoisotopic (exact) mass is 300 g/mol. The van der Waals surface area contributed by atoms with Gasteiger partial charge in [-0.3, -0.25) is 9.20 Å². The standard InChI is InChI=1S/C17H24N4O/c1-4-14-16(21-10-6-5-7-15(21)18-14)17(22)20(3)13-8-11-19(2)12-9-13/h5-7,10,13H,4,8-9,11-12H2,1-3H3. The van der Waals surface area contributed by atoms with E-state index in [2.05, 4.69) is 16.9 Å². The smallest absolute Gasteiger partial charge is 0.272 e. The molecule has 0 bridgehead atoms. The van der Waals surface area contributed by atoms with Crippen molar-refractivity contribution in [3.8, 4) is 0 Å². The lowest BCUT2D eigenvalue weighted by molar-refractivity contribution is 0.0651. The highest BCUT2D eigenvalue weighted by atomic mass is 16.2. The van der Waals surface area contributed by atoms with Crippen LogP contribution in [0.2, 0.25) is 0 Å². The normalized spacial score (nSPS) is 17.0. The second-order valence-corrected chi connectivity index (χ2v) is 6.14. The van der Waals surface area contributed by atoms with Crippen LogP contribution in [0.4, 0.5) is 0 Å². The summed E-state index contributed by atoms with van der Waals surface area (Å²) >= 11 is 0. The predicted molar refractivity (Wildman–Crippen MR) is 87.2 cm³/mol. The SMILES string of the molecule is CCc1nc2ccccn2c1C(=O)N(C)C1CCN(C)CC1. The molecule has 5 heteroatoms. The minimum atomic E-state index is 0.0881. The van der Waals surface area contributed by atoms with E-state index in [-0.39, 0.29) is 5.91 Å². The molecule has 2 aromatic heterocycles. The first-order chi connectivity index (χ1) is 10.6. The maximum absolute atomic E-state index is 13.0. The first-order valence-corrected chi connectivity index (χ1v) is 8.03. The molecule has 0 spiro atoms. The largest absolute Gasteiger partial charge is 0.337 e. The summed E-state index contributed by atoms with van der Waals surface area (Å²) in [6, 6.07) is 6.17. The number of pyridine rings is 1. The Kier molecular flexibility index (Phi) is 4.16. The van der Waals surface area contributed by atoms with Gasteiger partial charge in [-0.05, 0) is 51.5 Å². The van der Waals surface area contributed by atoms with Crippen LogP contribution in [0.5, 0.6) is 0 Å². The van der Waals surface area contributed by atoms with Crippen molar-refractivity contribution in [3.63, 3.8) is 0 Å². The van der Waals surface area contributed by atoms with Crippen LogP contribution in [0, 0.1) is 0 Å². The van der Waals surface area contributed by atoms with Crippen molar-refractivity contribution in [2.24, 2.45) is 0 Å². The number of hydrogen-bond donors (Lipinski definition) is 0. The van der Waals surface area contributed by atoms with E-state index in [4.69, 9.17) is 0 Å². The van der Waals surface area contributed by atoms with Crippen molar-refractivity contribution in [1.29, 1.82) is 0 Å². The summed E-state index contributed by atoms with van der Waals surface area (Å²) in [6.07, 6.45) is 4.77. The number of carbonyl (C=O) groups is 1. The molecular formula is C17H24N4O. The zero-order chi connectivity index (χ0) is 15.7. The Balaban J connectivity index is 1.91. The molecule has 3 rings (SSSR count). The van der Waals surface area contributed by atoms with E-state index in [1.165, 1.54) is 0 Å². The van der Waals surface area contributed by atoms with E-state index in [1.807, 2.05) is 47.7 Å². The lowest BCUT2D eigenvalue weighted by atomic mass is 10.0. The fourth-order valence-electron chi connectivity index (χ4n) is 3.23. The molecule has 1 fully saturated rings. The Bertz CT molecular complexity index is 670. The first-order valence-electron chi connectivity index (χ1n) is 8.03. The molecule has 0 N–H and O–H groups in total. The minimum absolute atomic E-state index is 0.0881. The lowest BCUT2D eigenvalue weighted by Gasteiger charge is -2.35. The van der Waals surface area contributed by atoms with E-state index >= 15 is 0 Å². The van der Waals surface area contributed by atoms with Gasteiger partial charge in [0.1, 0.15) is 11.3 Å². The second kappa shape index (κ2) is 6.08. The first kappa shape index (κ1) is 15.0. The van der Waals surface area contributed by atoms with Gasteiger partial charge < -0.3 is 9.80 Å². The molecule has 0 aromatic carbocycles. The average Bonchev–Trinajstić information content (AvgIpc) is 2.92. The molecule has 0 radical (unpaired) electrons. The van der Waals surface area contributed by atoms with E-state index < -0.39 is 0 Å². The molecular weight excluding hydrogens is 276 g/mol. The van der Waals surface area contributed by atoms with Crippen LogP contribution in [0.25, 0.3) is 5.65 Å². The Morgan fingerprint density at radius 2 is 2.09 bits per heavy atom. The van der Waals surface area contributed by atoms with Gasteiger partial charge in [-0.2, -0.15) is 0 Å². The number of imidazole rings is 1. The predicted octanol–water partition coefficient (Wildman–Crippen LogP) is 2.06. The van der Waals surface area contributed by atoms with Gasteiger partial charge in [0.15, 0.2) is 0 Å². The zero-order valence-corrected chi connectivity index (χ0v) is 13.6. The molecule has 22 heavy (non-hydrogen) atoms. The summed E-state index contributed by atoms with van der Waals surface area (Å²) in [5.41, 5.74) is 2.45. The number of nitrogens with zero attached hydrogens (tertiary/aromatic N) is 4. The molecule has 0 saturated carbocycles. The van der Waals surface area contributed by atoms with Gasteiger partial charge in [0, 0.05) is 19.3 Å². The van der Waals surface area contributed by atoms with Crippen molar-refractivity contribution in [2.45, 2.75) is 32.2 Å². The van der Waals surface area contributed by atoms with E-state index in [0.29, 0.717) is 6.04 Å². The van der Waals surface area contributed by atoms with Crippen molar-refractivity contribution < 1.29 is 4.79 Å². The number of piperidine rings is 1. The van der Waals surface area contributed by atoms with Gasteiger partial charge in [0.05, 0.1) is 5.69 Å². The van der Waals surface area contributed by atoms with Crippen molar-refractivity contribution in [3.05, 3.63) is 35.8 Å². The van der Waals surface area contributed by atoms with Gasteiger partial charge in [-0.15, -0.1) is 0 Å². The van der Waals surface area contributed by atoms with Crippen LogP contribution >= 0.6 is 0 Å². The summed E-state index contributed by atoms with van der Waals surface area (Å²) in [5, 5.41) is 0. The van der Waals surface area contributed by atoms with Gasteiger partial charge in [-0.1, -0.05) is 13.0 Å². The highest BCUT2D eigenvalue weighted by molar-refractivity contribution is 5.94. The summed E-state index contributed by atoms with van der Waals surface area (Å²) < 4.78 is 1.92. The molecule has 1 saturated heterocycles. The summed E-state index contributed by atoms with van der Waals surface area (Å²) in [7, 11) is 4.07. The molecule has 1 aliphatic heterocycles. The van der Waals surface area contributed by atoms with Crippen LogP contribution in [0.3, 0.4) is 0 Å². The maximum Gasteiger partial charge on any atom is 0.272 e. The Labute approximate surface area is 131 Å². The number of rotatable bonds is 3. The van der Waals surface area contributed by atoms with Crippen LogP contribution < -0.4 is 0 Å². The van der Waals surface area contributed by atoms with Gasteiger partial charge >= 0.3 is 0 Å². The van der Waals surface area contributed by atoms with Crippen molar-refractivity contribution >= 4 is 11.6 Å². The average molecular weight is 300 g/mol. The van der Waals surface area contributed by atoms with E-state index in [1.54, 1.807) is 0 Å². The molecule has 118 valence electrons. The Morgan fingerprint density at radius 1 is 1.36 bits per heavy atom. The number of hydrogen-bond acceptors (Lipinski definition) is 3. The molecule has 0 atom stereocenters. The van der Waals surface area contributed by atoms with Crippen molar-refractivity contribution in [1.82, 2.24) is 19.2 Å². The fraction of sp³-hybridized carbons (Fsp3) is 0.529. The van der Waals surface area contributed by atoms with Crippen LogP contribution in [-0.4, -0.2) is 58.3 Å². The van der Waals surface area contributed by atoms with E-state index in [9.17, 15) is 4.79 Å². The highest BCUT2D eigenvalue weighted by Gasteiger charge is 2.28.